The van der Waals surface area contributed by atoms with Gasteiger partial charge in [0.2, 0.25) is 0 Å². The molecule has 2 aliphatic rings. The van der Waals surface area contributed by atoms with Gasteiger partial charge in [-0.3, -0.25) is 9.59 Å². The molecule has 1 aromatic carbocycles. The highest BCUT2D eigenvalue weighted by atomic mass is 19.1. The van der Waals surface area contributed by atoms with Crippen molar-refractivity contribution in [2.75, 3.05) is 44.6 Å². The van der Waals surface area contributed by atoms with Crippen LogP contribution in [-0.2, 0) is 9.59 Å². The normalized spacial score (nSPS) is 19.4. The van der Waals surface area contributed by atoms with Gasteiger partial charge < -0.3 is 20.4 Å². The number of benzene rings is 1. The molecule has 2 fully saturated rings. The fourth-order valence-corrected chi connectivity index (χ4v) is 4.33. The largest absolute Gasteiger partial charge is 0.336 e. The number of rotatable bonds is 6. The number of carbonyl (C=O) groups is 2. The number of nitrogens with one attached hydrogen (secondary N) is 2. The molecular formula is C22H35FN4O2+2. The molecule has 1 aliphatic heterocycles. The first-order chi connectivity index (χ1) is 14.1. The van der Waals surface area contributed by atoms with Crippen LogP contribution in [-0.4, -0.2) is 62.0 Å². The Kier molecular flexibility index (Phi) is 8.43. The molecule has 1 heterocycles. The molecule has 1 saturated carbocycles. The monoisotopic (exact) mass is 406 g/mol. The summed E-state index contributed by atoms with van der Waals surface area (Å²) in [5.74, 6) is -0.174. The number of nitrogens with zero attached hydrogens (tertiary/aromatic N) is 1. The predicted molar refractivity (Wildman–Crippen MR) is 110 cm³/mol. The van der Waals surface area contributed by atoms with Crippen molar-refractivity contribution in [2.24, 2.45) is 0 Å². The minimum absolute atomic E-state index is 0.0796. The van der Waals surface area contributed by atoms with Crippen LogP contribution in [0.1, 0.15) is 44.9 Å². The molecule has 4 N–H and O–H groups in total. The van der Waals surface area contributed by atoms with E-state index in [0.717, 1.165) is 13.1 Å². The fourth-order valence-electron chi connectivity index (χ4n) is 4.33. The van der Waals surface area contributed by atoms with E-state index in [0.29, 0.717) is 37.9 Å². The quantitative estimate of drug-likeness (QED) is 0.630. The van der Waals surface area contributed by atoms with E-state index >= 15 is 0 Å². The topological polar surface area (TPSA) is 70.5 Å². The summed E-state index contributed by atoms with van der Waals surface area (Å²) < 4.78 is 12.9. The van der Waals surface area contributed by atoms with E-state index in [4.69, 9.17) is 0 Å². The van der Waals surface area contributed by atoms with Crippen LogP contribution in [0.3, 0.4) is 0 Å². The molecule has 0 radical (unpaired) electrons. The molecule has 0 aromatic heterocycles. The SMILES string of the molecule is O=C(C[NH+]1CCN(C(=O)C[NH2+]C2CCCCCCC2)CC1)Nc1ccc(F)cc1. The van der Waals surface area contributed by atoms with Gasteiger partial charge in [0.05, 0.1) is 32.2 Å². The number of hydrogen-bond donors (Lipinski definition) is 3. The van der Waals surface area contributed by atoms with Gasteiger partial charge in [-0.25, -0.2) is 4.39 Å². The van der Waals surface area contributed by atoms with E-state index in [1.54, 1.807) is 12.1 Å². The third-order valence-electron chi connectivity index (χ3n) is 6.14. The van der Waals surface area contributed by atoms with E-state index in [2.05, 4.69) is 10.6 Å². The smallest absolute Gasteiger partial charge is 0.279 e. The van der Waals surface area contributed by atoms with Gasteiger partial charge in [-0.1, -0.05) is 19.3 Å². The van der Waals surface area contributed by atoms with Crippen LogP contribution in [0, 0.1) is 5.82 Å². The average Bonchev–Trinajstić information content (AvgIpc) is 2.69. The summed E-state index contributed by atoms with van der Waals surface area (Å²) in [4.78, 5) is 27.9. The van der Waals surface area contributed by atoms with Crippen LogP contribution >= 0.6 is 0 Å². The summed E-state index contributed by atoms with van der Waals surface area (Å²) in [6.45, 7) is 3.89. The van der Waals surface area contributed by atoms with E-state index in [1.807, 2.05) is 4.90 Å². The third kappa shape index (κ3) is 7.40. The standard InChI is InChI=1S/C22H33FN4O2/c23-18-8-10-20(11-9-18)25-21(28)17-26-12-14-27(15-13-26)22(29)16-24-19-6-4-2-1-3-5-7-19/h8-11,19,24H,1-7,12-17H2,(H,25,28)/p+2. The van der Waals surface area contributed by atoms with Crippen LogP contribution in [0.5, 0.6) is 0 Å². The van der Waals surface area contributed by atoms with Gasteiger partial charge in [-0.15, -0.1) is 0 Å². The molecule has 3 rings (SSSR count). The number of carbonyl (C=O) groups excluding carboxylic acids is 2. The molecule has 0 atom stereocenters. The second-order valence-corrected chi connectivity index (χ2v) is 8.41. The van der Waals surface area contributed by atoms with Crippen molar-refractivity contribution in [2.45, 2.75) is 51.0 Å². The van der Waals surface area contributed by atoms with E-state index in [-0.39, 0.29) is 17.6 Å². The lowest BCUT2D eigenvalue weighted by atomic mass is 9.97. The average molecular weight is 407 g/mol. The Morgan fingerprint density at radius 1 is 1.03 bits per heavy atom. The molecule has 0 spiro atoms. The zero-order chi connectivity index (χ0) is 20.5. The second-order valence-electron chi connectivity index (χ2n) is 8.41. The first-order valence-electron chi connectivity index (χ1n) is 11.1. The van der Waals surface area contributed by atoms with Crippen LogP contribution < -0.4 is 15.5 Å². The Bertz CT molecular complexity index is 651. The molecule has 1 aromatic rings. The lowest BCUT2D eigenvalue weighted by molar-refractivity contribution is -0.895. The molecule has 1 aliphatic carbocycles. The van der Waals surface area contributed by atoms with Gasteiger partial charge in [0.25, 0.3) is 11.8 Å². The molecule has 2 amide bonds. The summed E-state index contributed by atoms with van der Waals surface area (Å²) >= 11 is 0. The molecule has 7 heteroatoms. The molecular weight excluding hydrogens is 371 g/mol. The highest BCUT2D eigenvalue weighted by Gasteiger charge is 2.26. The Balaban J connectivity index is 1.34. The number of halogens is 1. The van der Waals surface area contributed by atoms with Gasteiger partial charge in [0.1, 0.15) is 5.82 Å². The predicted octanol–water partition coefficient (Wildman–Crippen LogP) is 0.168. The summed E-state index contributed by atoms with van der Waals surface area (Å²) in [6.07, 6.45) is 9.06. The maximum absolute atomic E-state index is 12.9. The Morgan fingerprint density at radius 3 is 2.31 bits per heavy atom. The number of hydrogen-bond acceptors (Lipinski definition) is 2. The van der Waals surface area contributed by atoms with Crippen molar-refractivity contribution in [1.29, 1.82) is 0 Å². The molecule has 0 unspecified atom stereocenters. The number of anilines is 1. The van der Waals surface area contributed by atoms with Gasteiger partial charge in [-0.2, -0.15) is 0 Å². The van der Waals surface area contributed by atoms with Gasteiger partial charge in [0, 0.05) is 5.69 Å². The third-order valence-corrected chi connectivity index (χ3v) is 6.14. The Labute approximate surface area is 172 Å². The van der Waals surface area contributed by atoms with Crippen molar-refractivity contribution < 1.29 is 24.2 Å². The summed E-state index contributed by atoms with van der Waals surface area (Å²) in [6, 6.07) is 6.39. The number of nitrogens with two attached hydrogens (primary N) is 1. The van der Waals surface area contributed by atoms with Crippen molar-refractivity contribution in [3.63, 3.8) is 0 Å². The van der Waals surface area contributed by atoms with Gasteiger partial charge in [-0.05, 0) is 49.9 Å². The lowest BCUT2D eigenvalue weighted by Crippen LogP contribution is -3.15. The molecule has 1 saturated heterocycles. The minimum Gasteiger partial charge on any atom is -0.336 e. The van der Waals surface area contributed by atoms with Crippen LogP contribution in [0.2, 0.25) is 0 Å². The fraction of sp³-hybridized carbons (Fsp3) is 0.636. The summed E-state index contributed by atoms with van der Waals surface area (Å²) in [5, 5.41) is 5.06. The van der Waals surface area contributed by atoms with Gasteiger partial charge in [0.15, 0.2) is 13.1 Å². The Hall–Kier alpha value is -1.99. The lowest BCUT2D eigenvalue weighted by Gasteiger charge is -2.31. The number of amides is 2. The van der Waals surface area contributed by atoms with E-state index < -0.39 is 0 Å². The van der Waals surface area contributed by atoms with Crippen molar-refractivity contribution in [1.82, 2.24) is 4.90 Å². The molecule has 160 valence electrons. The Morgan fingerprint density at radius 2 is 1.66 bits per heavy atom. The second kappa shape index (κ2) is 11.3. The first kappa shape index (κ1) is 21.7. The number of quaternary nitrogens is 2. The van der Waals surface area contributed by atoms with Gasteiger partial charge >= 0.3 is 0 Å². The molecule has 0 bridgehead atoms. The van der Waals surface area contributed by atoms with Crippen molar-refractivity contribution >= 4 is 17.5 Å². The minimum atomic E-state index is -0.318. The maximum Gasteiger partial charge on any atom is 0.279 e. The van der Waals surface area contributed by atoms with Crippen LogP contribution in [0.25, 0.3) is 0 Å². The zero-order valence-corrected chi connectivity index (χ0v) is 17.3. The zero-order valence-electron chi connectivity index (χ0n) is 17.3. The molecule has 6 nitrogen and oxygen atoms in total. The first-order valence-corrected chi connectivity index (χ1v) is 11.1. The highest BCUT2D eigenvalue weighted by Crippen LogP contribution is 2.14. The maximum atomic E-state index is 12.9. The molecule has 29 heavy (non-hydrogen) atoms. The van der Waals surface area contributed by atoms with Crippen molar-refractivity contribution in [3.8, 4) is 0 Å². The summed E-state index contributed by atoms with van der Waals surface area (Å²) in [7, 11) is 0. The van der Waals surface area contributed by atoms with Crippen molar-refractivity contribution in [3.05, 3.63) is 30.1 Å². The van der Waals surface area contributed by atoms with E-state index in [1.165, 1.54) is 62.0 Å². The van der Waals surface area contributed by atoms with Crippen LogP contribution in [0.4, 0.5) is 10.1 Å². The van der Waals surface area contributed by atoms with E-state index in [9.17, 15) is 14.0 Å². The summed E-state index contributed by atoms with van der Waals surface area (Å²) in [5.41, 5.74) is 0.606. The highest BCUT2D eigenvalue weighted by molar-refractivity contribution is 5.91. The van der Waals surface area contributed by atoms with Crippen LogP contribution in [0.15, 0.2) is 24.3 Å². The number of piperazine rings is 1.